The van der Waals surface area contributed by atoms with Gasteiger partial charge < -0.3 is 24.7 Å². The van der Waals surface area contributed by atoms with E-state index in [0.717, 1.165) is 34.9 Å². The number of halogens is 1. The number of carboxylic acid groups (broad SMARTS) is 2. The second-order valence-electron chi connectivity index (χ2n) is 7.59. The smallest absolute Gasteiger partial charge is 0.328 e. The van der Waals surface area contributed by atoms with Gasteiger partial charge in [-0.2, -0.15) is 0 Å². The fourth-order valence-corrected chi connectivity index (χ4v) is 4.56. The molecule has 1 aliphatic heterocycles. The fourth-order valence-electron chi connectivity index (χ4n) is 2.99. The zero-order chi connectivity index (χ0) is 25.3. The summed E-state index contributed by atoms with van der Waals surface area (Å²) in [5, 5.41) is 16.0. The van der Waals surface area contributed by atoms with Crippen LogP contribution in [0.15, 0.2) is 59.5 Å². The highest BCUT2D eigenvalue weighted by molar-refractivity contribution is 8.00. The summed E-state index contributed by atoms with van der Waals surface area (Å²) in [7, 11) is 5.91. The molecule has 182 valence electrons. The molecular formula is C24H27ClN2O6S. The summed E-state index contributed by atoms with van der Waals surface area (Å²) in [4.78, 5) is 36.7. The molecule has 1 atom stereocenters. The van der Waals surface area contributed by atoms with Gasteiger partial charge in [0.2, 0.25) is 5.91 Å². The molecule has 1 heterocycles. The number of carbonyl (C=O) groups excluding carboxylic acids is 1. The Hall–Kier alpha value is -3.01. The second kappa shape index (κ2) is 13.0. The van der Waals surface area contributed by atoms with Crippen molar-refractivity contribution in [2.45, 2.75) is 16.6 Å². The number of aliphatic carboxylic acids is 2. The number of rotatable bonds is 8. The van der Waals surface area contributed by atoms with Crippen molar-refractivity contribution in [3.63, 3.8) is 0 Å². The lowest BCUT2D eigenvalue weighted by Crippen LogP contribution is -2.33. The molecule has 1 unspecified atom stereocenters. The Morgan fingerprint density at radius 3 is 2.29 bits per heavy atom. The quantitative estimate of drug-likeness (QED) is 0.405. The summed E-state index contributed by atoms with van der Waals surface area (Å²) in [6.45, 7) is 1.68. The molecule has 1 aliphatic rings. The number of likely N-dealkylation sites (N-methyl/N-ethyl adjacent to an activating group) is 1. The molecule has 3 rings (SSSR count). The largest absolute Gasteiger partial charge is 0.494 e. The lowest BCUT2D eigenvalue weighted by atomic mass is 10.1. The minimum Gasteiger partial charge on any atom is -0.494 e. The normalized spacial score (nSPS) is 15.0. The molecule has 8 nitrogen and oxygen atoms in total. The van der Waals surface area contributed by atoms with Crippen molar-refractivity contribution in [3.05, 3.63) is 65.2 Å². The third kappa shape index (κ3) is 8.40. The molecule has 2 aromatic rings. The SMILES string of the molecule is CN(C)CCCOc1ccc(C2Sc3cc(Cl)ccc3N(C)C2=O)cc1.O=C(O)C=CC(=O)O. The van der Waals surface area contributed by atoms with Gasteiger partial charge in [-0.3, -0.25) is 4.79 Å². The summed E-state index contributed by atoms with van der Waals surface area (Å²) >= 11 is 7.66. The Bertz CT molecular complexity index is 1030. The van der Waals surface area contributed by atoms with Crippen LogP contribution in [0.1, 0.15) is 17.2 Å². The molecule has 1 amide bonds. The van der Waals surface area contributed by atoms with Crippen molar-refractivity contribution in [1.82, 2.24) is 4.90 Å². The van der Waals surface area contributed by atoms with Crippen LogP contribution in [0.5, 0.6) is 5.75 Å². The minimum absolute atomic E-state index is 0.0736. The highest BCUT2D eigenvalue weighted by Crippen LogP contribution is 2.46. The van der Waals surface area contributed by atoms with E-state index < -0.39 is 11.9 Å². The van der Waals surface area contributed by atoms with E-state index in [1.54, 1.807) is 16.7 Å². The summed E-state index contributed by atoms with van der Waals surface area (Å²) < 4.78 is 5.77. The van der Waals surface area contributed by atoms with Crippen LogP contribution in [0.2, 0.25) is 5.02 Å². The first-order chi connectivity index (χ1) is 16.1. The van der Waals surface area contributed by atoms with Crippen molar-refractivity contribution < 1.29 is 29.3 Å². The van der Waals surface area contributed by atoms with Crippen LogP contribution in [-0.2, 0) is 14.4 Å². The van der Waals surface area contributed by atoms with Crippen LogP contribution in [0, 0.1) is 0 Å². The molecule has 2 aromatic carbocycles. The minimum atomic E-state index is -1.26. The van der Waals surface area contributed by atoms with E-state index in [1.807, 2.05) is 49.5 Å². The van der Waals surface area contributed by atoms with E-state index in [4.69, 9.17) is 26.6 Å². The standard InChI is InChI=1S/C20H23ClN2O2S.C4H4O4/c1-22(2)11-4-12-25-16-8-5-14(6-9-16)19-20(24)23(3)17-10-7-15(21)13-18(17)26-19;5-3(6)1-2-4(7)8/h5-10,13,19H,4,11-12H2,1-3H3;1-2H,(H,5,6)(H,7,8). The molecule has 0 aromatic heterocycles. The maximum Gasteiger partial charge on any atom is 0.328 e. The number of thioether (sulfide) groups is 1. The maximum atomic E-state index is 12.8. The average molecular weight is 507 g/mol. The van der Waals surface area contributed by atoms with Crippen molar-refractivity contribution in [2.24, 2.45) is 0 Å². The van der Waals surface area contributed by atoms with E-state index in [0.29, 0.717) is 23.8 Å². The second-order valence-corrected chi connectivity index (χ2v) is 9.17. The van der Waals surface area contributed by atoms with Gasteiger partial charge in [0.15, 0.2) is 0 Å². The van der Waals surface area contributed by atoms with Crippen LogP contribution in [0.4, 0.5) is 5.69 Å². The Labute approximate surface area is 207 Å². The number of benzene rings is 2. The number of carboxylic acids is 2. The highest BCUT2D eigenvalue weighted by atomic mass is 35.5. The molecule has 2 N–H and O–H groups in total. The molecule has 0 radical (unpaired) electrons. The molecule has 0 saturated carbocycles. The van der Waals surface area contributed by atoms with E-state index in [1.165, 1.54) is 0 Å². The van der Waals surface area contributed by atoms with Gasteiger partial charge in [0.05, 0.1) is 12.3 Å². The third-order valence-corrected chi connectivity index (χ3v) is 6.18. The van der Waals surface area contributed by atoms with Gasteiger partial charge in [-0.15, -0.1) is 11.8 Å². The lowest BCUT2D eigenvalue weighted by Gasteiger charge is -2.31. The van der Waals surface area contributed by atoms with Crippen LogP contribution in [-0.4, -0.2) is 67.3 Å². The Balaban J connectivity index is 0.000000440. The molecule has 10 heteroatoms. The van der Waals surface area contributed by atoms with Gasteiger partial charge in [0.25, 0.3) is 0 Å². The predicted octanol–water partition coefficient (Wildman–Crippen LogP) is 4.19. The van der Waals surface area contributed by atoms with Crippen molar-refractivity contribution in [2.75, 3.05) is 39.2 Å². The maximum absolute atomic E-state index is 12.8. The first kappa shape index (κ1) is 27.2. The average Bonchev–Trinajstić information content (AvgIpc) is 2.78. The number of fused-ring (bicyclic) bond motifs is 1. The van der Waals surface area contributed by atoms with Crippen LogP contribution in [0.3, 0.4) is 0 Å². The Kier molecular flexibility index (Phi) is 10.4. The molecule has 0 fully saturated rings. The molecule has 34 heavy (non-hydrogen) atoms. The number of carbonyl (C=O) groups is 3. The Morgan fingerprint density at radius 2 is 1.74 bits per heavy atom. The monoisotopic (exact) mass is 506 g/mol. The van der Waals surface area contributed by atoms with Gasteiger partial charge in [0, 0.05) is 35.7 Å². The van der Waals surface area contributed by atoms with Gasteiger partial charge in [-0.25, -0.2) is 9.59 Å². The topological polar surface area (TPSA) is 107 Å². The molecule has 0 bridgehead atoms. The van der Waals surface area contributed by atoms with Crippen molar-refractivity contribution in [1.29, 1.82) is 0 Å². The first-order valence-electron chi connectivity index (χ1n) is 10.3. The zero-order valence-corrected chi connectivity index (χ0v) is 20.7. The van der Waals surface area contributed by atoms with Gasteiger partial charge in [-0.05, 0) is 56.4 Å². The van der Waals surface area contributed by atoms with Gasteiger partial charge >= 0.3 is 11.9 Å². The molecular weight excluding hydrogens is 480 g/mol. The van der Waals surface area contributed by atoms with Crippen LogP contribution < -0.4 is 9.64 Å². The van der Waals surface area contributed by atoms with E-state index in [2.05, 4.69) is 19.0 Å². The zero-order valence-electron chi connectivity index (χ0n) is 19.1. The highest BCUT2D eigenvalue weighted by Gasteiger charge is 2.32. The molecule has 0 saturated heterocycles. The number of ether oxygens (including phenoxy) is 1. The summed E-state index contributed by atoms with van der Waals surface area (Å²) in [6, 6.07) is 13.4. The summed E-state index contributed by atoms with van der Waals surface area (Å²) in [6.07, 6.45) is 2.10. The number of anilines is 1. The summed E-state index contributed by atoms with van der Waals surface area (Å²) in [5.74, 6) is -1.61. The summed E-state index contributed by atoms with van der Waals surface area (Å²) in [5.41, 5.74) is 1.87. The van der Waals surface area contributed by atoms with Crippen LogP contribution in [0.25, 0.3) is 0 Å². The lowest BCUT2D eigenvalue weighted by molar-refractivity contribution is -0.134. The van der Waals surface area contributed by atoms with E-state index in [9.17, 15) is 14.4 Å². The van der Waals surface area contributed by atoms with Gasteiger partial charge in [-0.1, -0.05) is 23.7 Å². The van der Waals surface area contributed by atoms with Crippen molar-refractivity contribution in [3.8, 4) is 5.75 Å². The fraction of sp³-hybridized carbons (Fsp3) is 0.292. The van der Waals surface area contributed by atoms with Crippen LogP contribution >= 0.6 is 23.4 Å². The third-order valence-electron chi connectivity index (χ3n) is 4.65. The number of nitrogens with zero attached hydrogens (tertiary/aromatic N) is 2. The first-order valence-corrected chi connectivity index (χ1v) is 11.6. The van der Waals surface area contributed by atoms with Crippen molar-refractivity contribution >= 4 is 46.9 Å². The van der Waals surface area contributed by atoms with Gasteiger partial charge in [0.1, 0.15) is 11.0 Å². The Morgan fingerprint density at radius 1 is 1.12 bits per heavy atom. The van der Waals surface area contributed by atoms with E-state index in [-0.39, 0.29) is 11.2 Å². The predicted molar refractivity (Wildman–Crippen MR) is 133 cm³/mol. The molecule has 0 spiro atoms. The number of hydrogen-bond acceptors (Lipinski definition) is 6. The number of amides is 1. The number of hydrogen-bond donors (Lipinski definition) is 2. The molecule has 0 aliphatic carbocycles. The van der Waals surface area contributed by atoms with E-state index >= 15 is 0 Å².